The van der Waals surface area contributed by atoms with Gasteiger partial charge in [-0.3, -0.25) is 4.79 Å². The molecule has 0 radical (unpaired) electrons. The molecular weight excluding hydrogens is 220 g/mol. The minimum absolute atomic E-state index is 0.0681. The molecule has 2 heterocycles. The van der Waals surface area contributed by atoms with Crippen molar-refractivity contribution < 1.29 is 4.79 Å². The van der Waals surface area contributed by atoms with Crippen LogP contribution in [0.4, 0.5) is 0 Å². The van der Waals surface area contributed by atoms with Gasteiger partial charge in [-0.1, -0.05) is 13.8 Å². The SMILES string of the molecule is Cc1csc(CC2(C(C)C)CCC(=O)N2)n1. The van der Waals surface area contributed by atoms with Gasteiger partial charge >= 0.3 is 0 Å². The van der Waals surface area contributed by atoms with Gasteiger partial charge in [-0.15, -0.1) is 11.3 Å². The van der Waals surface area contributed by atoms with Crippen molar-refractivity contribution in [2.75, 3.05) is 0 Å². The lowest BCUT2D eigenvalue weighted by atomic mass is 9.82. The second kappa shape index (κ2) is 4.17. The first-order valence-electron chi connectivity index (χ1n) is 5.74. The first kappa shape index (κ1) is 11.6. The Morgan fingerprint density at radius 2 is 2.38 bits per heavy atom. The average molecular weight is 238 g/mol. The summed E-state index contributed by atoms with van der Waals surface area (Å²) in [5, 5.41) is 6.35. The number of nitrogens with zero attached hydrogens (tertiary/aromatic N) is 1. The van der Waals surface area contributed by atoms with Gasteiger partial charge in [0.25, 0.3) is 0 Å². The van der Waals surface area contributed by atoms with E-state index in [4.69, 9.17) is 0 Å². The van der Waals surface area contributed by atoms with E-state index in [1.807, 2.05) is 6.92 Å². The van der Waals surface area contributed by atoms with E-state index >= 15 is 0 Å². The van der Waals surface area contributed by atoms with Crippen molar-refractivity contribution in [3.8, 4) is 0 Å². The smallest absolute Gasteiger partial charge is 0.220 e. The Morgan fingerprint density at radius 3 is 2.81 bits per heavy atom. The Balaban J connectivity index is 2.18. The fourth-order valence-electron chi connectivity index (χ4n) is 2.26. The topological polar surface area (TPSA) is 42.0 Å². The summed E-state index contributed by atoms with van der Waals surface area (Å²) in [4.78, 5) is 15.9. The van der Waals surface area contributed by atoms with E-state index in [2.05, 4.69) is 29.5 Å². The predicted octanol–water partition coefficient (Wildman–Crippen LogP) is 2.30. The number of hydrogen-bond donors (Lipinski definition) is 1. The number of carbonyl (C=O) groups excluding carboxylic acids is 1. The number of thiazole rings is 1. The van der Waals surface area contributed by atoms with Crippen LogP contribution in [0.1, 0.15) is 37.4 Å². The maximum absolute atomic E-state index is 11.4. The molecule has 2 rings (SSSR count). The highest BCUT2D eigenvalue weighted by Crippen LogP contribution is 2.32. The monoisotopic (exact) mass is 238 g/mol. The molecule has 3 nitrogen and oxygen atoms in total. The Bertz CT molecular complexity index is 399. The van der Waals surface area contributed by atoms with E-state index in [9.17, 15) is 4.79 Å². The van der Waals surface area contributed by atoms with E-state index in [0.717, 1.165) is 23.5 Å². The number of aryl methyl sites for hydroxylation is 1. The number of rotatable bonds is 3. The van der Waals surface area contributed by atoms with Crippen molar-refractivity contribution in [1.29, 1.82) is 0 Å². The molecule has 1 amide bonds. The van der Waals surface area contributed by atoms with Crippen molar-refractivity contribution >= 4 is 17.2 Å². The highest BCUT2D eigenvalue weighted by atomic mass is 32.1. The van der Waals surface area contributed by atoms with Crippen LogP contribution in [0.5, 0.6) is 0 Å². The Hall–Kier alpha value is -0.900. The lowest BCUT2D eigenvalue weighted by molar-refractivity contribution is -0.120. The van der Waals surface area contributed by atoms with Crippen LogP contribution in [0, 0.1) is 12.8 Å². The van der Waals surface area contributed by atoms with Gasteiger partial charge < -0.3 is 5.32 Å². The maximum atomic E-state index is 11.4. The molecule has 1 fully saturated rings. The Labute approximate surface area is 100 Å². The number of aromatic nitrogens is 1. The second-order valence-corrected chi connectivity index (χ2v) is 5.86. The van der Waals surface area contributed by atoms with E-state index < -0.39 is 0 Å². The van der Waals surface area contributed by atoms with Crippen LogP contribution in [0.2, 0.25) is 0 Å². The van der Waals surface area contributed by atoms with Gasteiger partial charge in [0.2, 0.25) is 5.91 Å². The number of carbonyl (C=O) groups is 1. The van der Waals surface area contributed by atoms with Crippen molar-refractivity contribution in [2.24, 2.45) is 5.92 Å². The third-order valence-corrected chi connectivity index (χ3v) is 4.39. The molecule has 1 aromatic rings. The van der Waals surface area contributed by atoms with Crippen molar-refractivity contribution in [3.63, 3.8) is 0 Å². The molecule has 1 saturated heterocycles. The van der Waals surface area contributed by atoms with E-state index in [1.54, 1.807) is 11.3 Å². The van der Waals surface area contributed by atoms with Gasteiger partial charge in [-0.25, -0.2) is 4.98 Å². The minimum atomic E-state index is -0.0681. The van der Waals surface area contributed by atoms with Crippen molar-refractivity contribution in [3.05, 3.63) is 16.1 Å². The van der Waals surface area contributed by atoms with Crippen LogP contribution >= 0.6 is 11.3 Å². The highest BCUT2D eigenvalue weighted by Gasteiger charge is 2.40. The summed E-state index contributed by atoms with van der Waals surface area (Å²) in [5.41, 5.74) is 1.00. The summed E-state index contributed by atoms with van der Waals surface area (Å²) in [6.45, 7) is 6.35. The highest BCUT2D eigenvalue weighted by molar-refractivity contribution is 7.09. The normalized spacial score (nSPS) is 25.1. The molecule has 1 N–H and O–H groups in total. The molecule has 1 aromatic heterocycles. The predicted molar refractivity (Wildman–Crippen MR) is 65.5 cm³/mol. The molecule has 16 heavy (non-hydrogen) atoms. The number of hydrogen-bond acceptors (Lipinski definition) is 3. The lowest BCUT2D eigenvalue weighted by Crippen LogP contribution is -2.48. The lowest BCUT2D eigenvalue weighted by Gasteiger charge is -2.32. The van der Waals surface area contributed by atoms with Crippen molar-refractivity contribution in [1.82, 2.24) is 10.3 Å². The van der Waals surface area contributed by atoms with Gasteiger partial charge in [0.05, 0.1) is 5.01 Å². The summed E-state index contributed by atoms with van der Waals surface area (Å²) in [5.74, 6) is 0.630. The third-order valence-electron chi connectivity index (χ3n) is 3.42. The summed E-state index contributed by atoms with van der Waals surface area (Å²) >= 11 is 1.69. The zero-order chi connectivity index (χ0) is 11.8. The van der Waals surface area contributed by atoms with Crippen LogP contribution in [0.15, 0.2) is 5.38 Å². The molecule has 0 bridgehead atoms. The molecule has 4 heteroatoms. The molecule has 0 saturated carbocycles. The number of nitrogens with one attached hydrogen (secondary N) is 1. The summed E-state index contributed by atoms with van der Waals surface area (Å²) < 4.78 is 0. The molecule has 0 aromatic carbocycles. The molecule has 1 atom stereocenters. The van der Waals surface area contributed by atoms with Gasteiger partial charge in [-0.2, -0.15) is 0 Å². The van der Waals surface area contributed by atoms with Gasteiger partial charge in [0.1, 0.15) is 0 Å². The Morgan fingerprint density at radius 1 is 1.62 bits per heavy atom. The molecule has 88 valence electrons. The largest absolute Gasteiger partial charge is 0.350 e. The van der Waals surface area contributed by atoms with Crippen LogP contribution in [0.25, 0.3) is 0 Å². The molecule has 1 aliphatic rings. The molecule has 1 unspecified atom stereocenters. The molecule has 1 aliphatic heterocycles. The summed E-state index contributed by atoms with van der Waals surface area (Å²) in [7, 11) is 0. The zero-order valence-electron chi connectivity index (χ0n) is 10.0. The fraction of sp³-hybridized carbons (Fsp3) is 0.667. The first-order chi connectivity index (χ1) is 7.52. The fourth-order valence-corrected chi connectivity index (χ4v) is 3.16. The Kier molecular flexibility index (Phi) is 3.02. The van der Waals surface area contributed by atoms with Crippen LogP contribution in [0.3, 0.4) is 0 Å². The molecule has 0 spiro atoms. The molecular formula is C12H18N2OS. The van der Waals surface area contributed by atoms with Gasteiger partial charge in [0.15, 0.2) is 0 Å². The van der Waals surface area contributed by atoms with Gasteiger partial charge in [-0.05, 0) is 19.3 Å². The first-order valence-corrected chi connectivity index (χ1v) is 6.62. The van der Waals surface area contributed by atoms with E-state index in [0.29, 0.717) is 12.3 Å². The minimum Gasteiger partial charge on any atom is -0.350 e. The van der Waals surface area contributed by atoms with E-state index in [-0.39, 0.29) is 11.4 Å². The van der Waals surface area contributed by atoms with Crippen molar-refractivity contribution in [2.45, 2.75) is 45.6 Å². The quantitative estimate of drug-likeness (QED) is 0.878. The molecule has 0 aliphatic carbocycles. The maximum Gasteiger partial charge on any atom is 0.220 e. The third kappa shape index (κ3) is 2.12. The van der Waals surface area contributed by atoms with Crippen LogP contribution in [-0.4, -0.2) is 16.4 Å². The van der Waals surface area contributed by atoms with E-state index in [1.165, 1.54) is 0 Å². The average Bonchev–Trinajstić information content (AvgIpc) is 2.75. The van der Waals surface area contributed by atoms with Gasteiger partial charge in [0, 0.05) is 29.5 Å². The van der Waals surface area contributed by atoms with Crippen LogP contribution in [-0.2, 0) is 11.2 Å². The zero-order valence-corrected chi connectivity index (χ0v) is 10.9. The second-order valence-electron chi connectivity index (χ2n) is 4.92. The van der Waals surface area contributed by atoms with Crippen LogP contribution < -0.4 is 5.32 Å². The summed E-state index contributed by atoms with van der Waals surface area (Å²) in [6, 6.07) is 0. The number of amides is 1. The standard InChI is InChI=1S/C12H18N2OS/c1-8(2)12(5-4-10(15)14-12)6-11-13-9(3)7-16-11/h7-8H,4-6H2,1-3H3,(H,14,15). The summed E-state index contributed by atoms with van der Waals surface area (Å²) in [6.07, 6.45) is 2.46.